The first-order valence-corrected chi connectivity index (χ1v) is 10.1. The molecule has 1 saturated heterocycles. The molecule has 90 valence electrons. The second kappa shape index (κ2) is 4.71. The van der Waals surface area contributed by atoms with Crippen molar-refractivity contribution >= 4 is 31.4 Å². The zero-order valence-corrected chi connectivity index (χ0v) is 12.3. The van der Waals surface area contributed by atoms with E-state index in [1.165, 1.54) is 38.9 Å². The van der Waals surface area contributed by atoms with E-state index < -0.39 is 8.09 Å². The Labute approximate surface area is 105 Å². The molecule has 2 atom stereocenters. The summed E-state index contributed by atoms with van der Waals surface area (Å²) in [5.41, 5.74) is 0. The third kappa shape index (κ3) is 3.48. The summed E-state index contributed by atoms with van der Waals surface area (Å²) in [7, 11) is -0.976. The molecule has 0 unspecified atom stereocenters. The summed E-state index contributed by atoms with van der Waals surface area (Å²) < 4.78 is 0. The molecule has 0 bridgehead atoms. The van der Waals surface area contributed by atoms with Crippen LogP contribution in [0.5, 0.6) is 0 Å². The minimum absolute atomic E-state index is 0.705. The number of thiol groups is 2. The van der Waals surface area contributed by atoms with Crippen LogP contribution in [0.15, 0.2) is 0 Å². The van der Waals surface area contributed by atoms with Gasteiger partial charge in [-0.2, -0.15) is 0 Å². The second-order valence-electron chi connectivity index (χ2n) is 5.40. The Hall–Kier alpha value is 1.01. The van der Waals surface area contributed by atoms with E-state index in [-0.39, 0.29) is 0 Å². The predicted octanol–water partition coefficient (Wildman–Crippen LogP) is 3.23. The molecule has 1 nitrogen and oxygen atoms in total. The highest BCUT2D eigenvalue weighted by Crippen LogP contribution is 2.61. The van der Waals surface area contributed by atoms with Crippen LogP contribution in [0.2, 0.25) is 0 Å². The van der Waals surface area contributed by atoms with Gasteiger partial charge in [0.05, 0.1) is 0 Å². The molecule has 2 rings (SSSR count). The number of hydrogen-bond donors (Lipinski definition) is 2. The molecule has 0 aromatic rings. The Bertz CT molecular complexity index is 222. The zero-order valence-electron chi connectivity index (χ0n) is 9.72. The average molecular weight is 266 g/mol. The van der Waals surface area contributed by atoms with Crippen LogP contribution in [0, 0.1) is 11.8 Å². The van der Waals surface area contributed by atoms with Crippen LogP contribution in [0.3, 0.4) is 0 Å². The van der Waals surface area contributed by atoms with Gasteiger partial charge in [0.1, 0.15) is 0 Å². The van der Waals surface area contributed by atoms with Crippen molar-refractivity contribution in [2.45, 2.75) is 31.4 Å². The highest BCUT2D eigenvalue weighted by Gasteiger charge is 2.35. The molecule has 2 aliphatic rings. The summed E-state index contributed by atoms with van der Waals surface area (Å²) in [4.78, 5) is 2.65. The molecule has 1 saturated carbocycles. The van der Waals surface area contributed by atoms with Gasteiger partial charge in [0.15, 0.2) is 0 Å². The standard InChI is InChI=1S/C11H23NS3/c1-9-5-6-12(7-10-3-4-10)8-11(9)15(2,13)14/h9-11,13-14H,3-8H2,1-2H3/t9-,11+/m0/s1. The van der Waals surface area contributed by atoms with Gasteiger partial charge in [-0.05, 0) is 43.9 Å². The Morgan fingerprint density at radius 3 is 2.47 bits per heavy atom. The van der Waals surface area contributed by atoms with Gasteiger partial charge in [0.25, 0.3) is 0 Å². The van der Waals surface area contributed by atoms with Crippen LogP contribution in [0.1, 0.15) is 26.2 Å². The highest BCUT2D eigenvalue weighted by molar-refractivity contribution is 9.17. The normalized spacial score (nSPS) is 35.5. The van der Waals surface area contributed by atoms with Crippen molar-refractivity contribution in [2.75, 3.05) is 25.9 Å². The van der Waals surface area contributed by atoms with E-state index in [1.54, 1.807) is 0 Å². The third-order valence-electron chi connectivity index (χ3n) is 3.76. The van der Waals surface area contributed by atoms with Crippen LogP contribution in [-0.2, 0) is 0 Å². The van der Waals surface area contributed by atoms with E-state index in [1.807, 2.05) is 0 Å². The predicted molar refractivity (Wildman–Crippen MR) is 78.2 cm³/mol. The number of nitrogens with zero attached hydrogens (tertiary/aromatic N) is 1. The number of piperidine rings is 1. The van der Waals surface area contributed by atoms with Gasteiger partial charge in [0.2, 0.25) is 0 Å². The molecule has 0 spiro atoms. The lowest BCUT2D eigenvalue weighted by Crippen LogP contribution is -2.44. The Balaban J connectivity index is 1.91. The lowest BCUT2D eigenvalue weighted by atomic mass is 9.98. The molecule has 1 aliphatic heterocycles. The Kier molecular flexibility index (Phi) is 3.91. The van der Waals surface area contributed by atoms with Crippen molar-refractivity contribution in [2.24, 2.45) is 11.8 Å². The minimum atomic E-state index is -0.976. The average Bonchev–Trinajstić information content (AvgIpc) is 2.90. The van der Waals surface area contributed by atoms with Crippen LogP contribution in [0.25, 0.3) is 0 Å². The van der Waals surface area contributed by atoms with Gasteiger partial charge in [0, 0.05) is 18.3 Å². The van der Waals surface area contributed by atoms with Crippen LogP contribution in [0.4, 0.5) is 0 Å². The van der Waals surface area contributed by atoms with E-state index in [4.69, 9.17) is 23.3 Å². The fourth-order valence-electron chi connectivity index (χ4n) is 2.51. The van der Waals surface area contributed by atoms with Crippen molar-refractivity contribution in [1.82, 2.24) is 4.90 Å². The van der Waals surface area contributed by atoms with E-state index in [0.29, 0.717) is 5.25 Å². The topological polar surface area (TPSA) is 3.24 Å². The monoisotopic (exact) mass is 265 g/mol. The summed E-state index contributed by atoms with van der Waals surface area (Å²) in [5.74, 6) is 1.82. The minimum Gasteiger partial charge on any atom is -0.302 e. The molecule has 1 aliphatic carbocycles. The fourth-order valence-corrected chi connectivity index (χ4v) is 5.67. The maximum absolute atomic E-state index is 4.72. The lowest BCUT2D eigenvalue weighted by molar-refractivity contribution is 0.192. The molecule has 1 heterocycles. The molecule has 2 fully saturated rings. The summed E-state index contributed by atoms with van der Waals surface area (Å²) >= 11 is 9.45. The number of likely N-dealkylation sites (tertiary alicyclic amines) is 1. The first-order valence-electron chi connectivity index (χ1n) is 5.91. The third-order valence-corrected chi connectivity index (χ3v) is 7.15. The summed E-state index contributed by atoms with van der Waals surface area (Å²) in [6.07, 6.45) is 6.48. The van der Waals surface area contributed by atoms with Crippen molar-refractivity contribution in [3.8, 4) is 0 Å². The van der Waals surface area contributed by atoms with Crippen LogP contribution in [-0.4, -0.2) is 36.0 Å². The van der Waals surface area contributed by atoms with Crippen molar-refractivity contribution in [3.63, 3.8) is 0 Å². The van der Waals surface area contributed by atoms with E-state index in [2.05, 4.69) is 18.1 Å². The molecule has 4 heteroatoms. The van der Waals surface area contributed by atoms with Crippen molar-refractivity contribution in [3.05, 3.63) is 0 Å². The summed E-state index contributed by atoms with van der Waals surface area (Å²) in [6.45, 7) is 6.23. The molecule has 0 radical (unpaired) electrons. The van der Waals surface area contributed by atoms with Crippen LogP contribution >= 0.6 is 31.4 Å². The van der Waals surface area contributed by atoms with Gasteiger partial charge in [-0.15, -0.1) is 31.4 Å². The van der Waals surface area contributed by atoms with Crippen molar-refractivity contribution in [1.29, 1.82) is 0 Å². The van der Waals surface area contributed by atoms with E-state index in [0.717, 1.165) is 11.8 Å². The SMILES string of the molecule is C[C@H]1CCN(CC2CC2)C[C@H]1S(C)(S)S. The quantitative estimate of drug-likeness (QED) is 0.585. The van der Waals surface area contributed by atoms with Crippen LogP contribution < -0.4 is 0 Å². The lowest BCUT2D eigenvalue weighted by Gasteiger charge is -2.45. The maximum atomic E-state index is 4.72. The zero-order chi connectivity index (χ0) is 11.1. The number of rotatable bonds is 3. The molecule has 0 N–H and O–H groups in total. The smallest absolute Gasteiger partial charge is 0.0208 e. The van der Waals surface area contributed by atoms with E-state index >= 15 is 0 Å². The molecule has 0 aromatic heterocycles. The van der Waals surface area contributed by atoms with Gasteiger partial charge in [-0.25, -0.2) is 0 Å². The fraction of sp³-hybridized carbons (Fsp3) is 1.00. The molecule has 0 amide bonds. The summed E-state index contributed by atoms with van der Waals surface area (Å²) in [5, 5.41) is 0.705. The summed E-state index contributed by atoms with van der Waals surface area (Å²) in [6, 6.07) is 0. The van der Waals surface area contributed by atoms with Crippen molar-refractivity contribution < 1.29 is 0 Å². The van der Waals surface area contributed by atoms with Gasteiger partial charge < -0.3 is 4.90 Å². The first-order chi connectivity index (χ1) is 6.97. The van der Waals surface area contributed by atoms with E-state index in [9.17, 15) is 0 Å². The van der Waals surface area contributed by atoms with Gasteiger partial charge >= 0.3 is 0 Å². The Morgan fingerprint density at radius 2 is 1.93 bits per heavy atom. The number of hydrogen-bond acceptors (Lipinski definition) is 3. The molecular weight excluding hydrogens is 242 g/mol. The van der Waals surface area contributed by atoms with Gasteiger partial charge in [-0.1, -0.05) is 6.92 Å². The second-order valence-corrected chi connectivity index (χ2v) is 13.2. The maximum Gasteiger partial charge on any atom is 0.0208 e. The Morgan fingerprint density at radius 1 is 1.27 bits per heavy atom. The largest absolute Gasteiger partial charge is 0.302 e. The molecule has 15 heavy (non-hydrogen) atoms. The molecule has 0 aromatic carbocycles. The molecular formula is C11H23NS3. The highest BCUT2D eigenvalue weighted by atomic mass is 33.5. The van der Waals surface area contributed by atoms with Gasteiger partial charge in [-0.3, -0.25) is 0 Å². The first kappa shape index (κ1) is 12.5.